The van der Waals surface area contributed by atoms with Crippen molar-refractivity contribution in [3.63, 3.8) is 0 Å². The van der Waals surface area contributed by atoms with E-state index in [2.05, 4.69) is 4.72 Å². The highest BCUT2D eigenvalue weighted by atomic mass is 32.2. The van der Waals surface area contributed by atoms with Crippen molar-refractivity contribution in [3.05, 3.63) is 30.1 Å². The Morgan fingerprint density at radius 1 is 1.28 bits per heavy atom. The van der Waals surface area contributed by atoms with Gasteiger partial charge in [-0.2, -0.15) is 0 Å². The quantitative estimate of drug-likeness (QED) is 0.665. The summed E-state index contributed by atoms with van der Waals surface area (Å²) in [6.45, 7) is 9.81. The van der Waals surface area contributed by atoms with Crippen LogP contribution in [0.1, 0.15) is 27.2 Å². The summed E-state index contributed by atoms with van der Waals surface area (Å²) in [7, 11) is -6.14. The van der Waals surface area contributed by atoms with Crippen LogP contribution < -0.4 is 4.72 Å². The van der Waals surface area contributed by atoms with Crippen LogP contribution >= 0.6 is 0 Å². The number of sulfonamides is 1. The van der Waals surface area contributed by atoms with Gasteiger partial charge in [0.15, 0.2) is 8.32 Å². The van der Waals surface area contributed by atoms with Crippen LogP contribution in [0, 0.1) is 5.82 Å². The van der Waals surface area contributed by atoms with Gasteiger partial charge in [-0.05, 0) is 42.4 Å². The standard InChI is InChI=1S/C16H26FNO5SSi/c1-16(2,3)25(4,5)23-13(10-15(19)20)11-18-24(21,22)14-8-6-12(17)7-9-14/h6-9,13,18H,10-11H2,1-5H3,(H,19,20). The van der Waals surface area contributed by atoms with Crippen molar-refractivity contribution in [1.82, 2.24) is 4.72 Å². The summed E-state index contributed by atoms with van der Waals surface area (Å²) in [5.74, 6) is -1.60. The van der Waals surface area contributed by atoms with Crippen molar-refractivity contribution < 1.29 is 27.1 Å². The number of nitrogens with one attached hydrogen (secondary N) is 1. The number of hydrogen-bond donors (Lipinski definition) is 2. The van der Waals surface area contributed by atoms with E-state index in [1.165, 1.54) is 0 Å². The molecule has 0 fully saturated rings. The van der Waals surface area contributed by atoms with Gasteiger partial charge < -0.3 is 9.53 Å². The predicted octanol–water partition coefficient (Wildman–Crippen LogP) is 2.97. The van der Waals surface area contributed by atoms with Gasteiger partial charge in [-0.3, -0.25) is 4.79 Å². The minimum atomic E-state index is -3.87. The first-order valence-electron chi connectivity index (χ1n) is 7.89. The molecule has 2 N–H and O–H groups in total. The monoisotopic (exact) mass is 391 g/mol. The lowest BCUT2D eigenvalue weighted by molar-refractivity contribution is -0.138. The molecule has 0 aliphatic heterocycles. The van der Waals surface area contributed by atoms with E-state index in [9.17, 15) is 17.6 Å². The Bertz CT molecular complexity index is 698. The highest BCUT2D eigenvalue weighted by molar-refractivity contribution is 7.89. The first-order valence-corrected chi connectivity index (χ1v) is 12.3. The molecule has 1 aromatic rings. The number of halogens is 1. The van der Waals surface area contributed by atoms with Gasteiger partial charge in [-0.15, -0.1) is 0 Å². The van der Waals surface area contributed by atoms with Crippen molar-refractivity contribution in [2.24, 2.45) is 0 Å². The van der Waals surface area contributed by atoms with Crippen LogP contribution in [-0.4, -0.2) is 40.5 Å². The van der Waals surface area contributed by atoms with Gasteiger partial charge in [0, 0.05) is 6.54 Å². The maximum atomic E-state index is 12.9. The predicted molar refractivity (Wildman–Crippen MR) is 95.9 cm³/mol. The number of carbonyl (C=O) groups is 1. The smallest absolute Gasteiger partial charge is 0.305 e. The minimum Gasteiger partial charge on any atom is -0.481 e. The molecule has 0 spiro atoms. The van der Waals surface area contributed by atoms with Crippen LogP contribution in [0.15, 0.2) is 29.2 Å². The van der Waals surface area contributed by atoms with E-state index in [0.29, 0.717) is 0 Å². The number of benzene rings is 1. The second kappa shape index (κ2) is 7.94. The van der Waals surface area contributed by atoms with Crippen LogP contribution in [0.5, 0.6) is 0 Å². The van der Waals surface area contributed by atoms with E-state index < -0.39 is 36.2 Å². The molecule has 0 aliphatic carbocycles. The zero-order valence-electron chi connectivity index (χ0n) is 15.2. The molecule has 0 heterocycles. The molecule has 1 atom stereocenters. The Hall–Kier alpha value is -1.29. The van der Waals surface area contributed by atoms with Crippen molar-refractivity contribution in [2.45, 2.75) is 56.3 Å². The fourth-order valence-corrected chi connectivity index (χ4v) is 4.26. The van der Waals surface area contributed by atoms with Crippen molar-refractivity contribution in [2.75, 3.05) is 6.54 Å². The third-order valence-corrected chi connectivity index (χ3v) is 10.3. The number of carboxylic acid groups (broad SMARTS) is 1. The number of carboxylic acids is 1. The van der Waals surface area contributed by atoms with Gasteiger partial charge in [-0.25, -0.2) is 17.5 Å². The third kappa shape index (κ3) is 6.50. The maximum absolute atomic E-state index is 12.9. The first kappa shape index (κ1) is 21.7. The van der Waals surface area contributed by atoms with Crippen LogP contribution in [-0.2, 0) is 19.2 Å². The average molecular weight is 392 g/mol. The molecule has 0 saturated carbocycles. The topological polar surface area (TPSA) is 92.7 Å². The Balaban J connectivity index is 2.89. The van der Waals surface area contributed by atoms with Crippen molar-refractivity contribution in [1.29, 1.82) is 0 Å². The molecule has 9 heteroatoms. The summed E-state index contributed by atoms with van der Waals surface area (Å²) >= 11 is 0. The summed E-state index contributed by atoms with van der Waals surface area (Å²) in [6.07, 6.45) is -1.09. The molecule has 0 amide bonds. The van der Waals surface area contributed by atoms with Gasteiger partial charge in [0.1, 0.15) is 5.82 Å². The molecule has 25 heavy (non-hydrogen) atoms. The highest BCUT2D eigenvalue weighted by Gasteiger charge is 2.39. The summed E-state index contributed by atoms with van der Waals surface area (Å²) in [5, 5.41) is 8.94. The fraction of sp³-hybridized carbons (Fsp3) is 0.562. The normalized spacial score (nSPS) is 14.3. The molecule has 6 nitrogen and oxygen atoms in total. The summed E-state index contributed by atoms with van der Waals surface area (Å²) < 4.78 is 45.9. The Labute approximate surface area is 149 Å². The summed E-state index contributed by atoms with van der Waals surface area (Å²) in [5.41, 5.74) is 0. The van der Waals surface area contributed by atoms with E-state index in [0.717, 1.165) is 24.3 Å². The van der Waals surface area contributed by atoms with Crippen molar-refractivity contribution in [3.8, 4) is 0 Å². The van der Waals surface area contributed by atoms with Crippen LogP contribution in [0.2, 0.25) is 18.1 Å². The van der Waals surface area contributed by atoms with Crippen LogP contribution in [0.3, 0.4) is 0 Å². The minimum absolute atomic E-state index is 0.0877. The van der Waals surface area contributed by atoms with Gasteiger partial charge >= 0.3 is 5.97 Å². The zero-order chi connectivity index (χ0) is 19.5. The molecule has 142 valence electrons. The Morgan fingerprint density at radius 3 is 2.24 bits per heavy atom. The Morgan fingerprint density at radius 2 is 1.80 bits per heavy atom. The van der Waals surface area contributed by atoms with E-state index in [1.807, 2.05) is 33.9 Å². The SMILES string of the molecule is CC(C)(C)[Si](C)(C)OC(CNS(=O)(=O)c1ccc(F)cc1)CC(=O)O. The van der Waals surface area contributed by atoms with Gasteiger partial charge in [-0.1, -0.05) is 20.8 Å². The lowest BCUT2D eigenvalue weighted by Crippen LogP contribution is -2.47. The molecule has 0 aliphatic rings. The van der Waals surface area contributed by atoms with E-state index >= 15 is 0 Å². The number of rotatable bonds is 8. The molecular weight excluding hydrogens is 365 g/mol. The lowest BCUT2D eigenvalue weighted by atomic mass is 10.2. The van der Waals surface area contributed by atoms with Gasteiger partial charge in [0.2, 0.25) is 10.0 Å². The highest BCUT2D eigenvalue weighted by Crippen LogP contribution is 2.37. The lowest BCUT2D eigenvalue weighted by Gasteiger charge is -2.39. The molecule has 0 aromatic heterocycles. The molecule has 1 rings (SSSR count). The second-order valence-electron chi connectivity index (χ2n) is 7.40. The van der Waals surface area contributed by atoms with Crippen molar-refractivity contribution >= 4 is 24.3 Å². The number of hydrogen-bond acceptors (Lipinski definition) is 4. The molecule has 0 saturated heterocycles. The second-order valence-corrected chi connectivity index (χ2v) is 13.9. The average Bonchev–Trinajstić information content (AvgIpc) is 2.43. The van der Waals surface area contributed by atoms with Crippen LogP contribution in [0.25, 0.3) is 0 Å². The largest absolute Gasteiger partial charge is 0.481 e. The molecule has 0 radical (unpaired) electrons. The summed E-state index contributed by atoms with van der Waals surface area (Å²) in [6, 6.07) is 4.40. The van der Waals surface area contributed by atoms with E-state index in [4.69, 9.17) is 9.53 Å². The zero-order valence-corrected chi connectivity index (χ0v) is 17.0. The molecule has 0 bridgehead atoms. The number of aliphatic carboxylic acids is 1. The summed E-state index contributed by atoms with van der Waals surface area (Å²) in [4.78, 5) is 11.0. The maximum Gasteiger partial charge on any atom is 0.305 e. The fourth-order valence-electron chi connectivity index (χ4n) is 1.84. The van der Waals surface area contributed by atoms with E-state index in [-0.39, 0.29) is 22.9 Å². The van der Waals surface area contributed by atoms with Crippen LogP contribution in [0.4, 0.5) is 4.39 Å². The molecule has 1 aromatic carbocycles. The molecule has 1 unspecified atom stereocenters. The third-order valence-electron chi connectivity index (χ3n) is 4.29. The first-order chi connectivity index (χ1) is 11.2. The molecular formula is C16H26FNO5SSi. The van der Waals surface area contributed by atoms with E-state index in [1.54, 1.807) is 0 Å². The Kier molecular flexibility index (Phi) is 6.91. The van der Waals surface area contributed by atoms with Gasteiger partial charge in [0.25, 0.3) is 0 Å². The van der Waals surface area contributed by atoms with Gasteiger partial charge in [0.05, 0.1) is 17.4 Å².